The molecule has 0 aromatic carbocycles. The van der Waals surface area contributed by atoms with Crippen LogP contribution in [0.1, 0.15) is 57.8 Å². The van der Waals surface area contributed by atoms with Crippen molar-refractivity contribution in [2.75, 3.05) is 19.8 Å². The minimum atomic E-state index is 0.271. The molecule has 18 heavy (non-hydrogen) atoms. The van der Waals surface area contributed by atoms with Gasteiger partial charge in [-0.1, -0.05) is 19.3 Å². The van der Waals surface area contributed by atoms with E-state index in [0.717, 1.165) is 19.8 Å². The van der Waals surface area contributed by atoms with Crippen LogP contribution >= 0.6 is 0 Å². The highest BCUT2D eigenvalue weighted by Crippen LogP contribution is 2.41. The standard InChI is InChI=1S/C15H27NO2/c1-2-7-15(8-3-1)9-6-14(18-15)11-16-13-5-4-10-17-12-13/h13-14,16H,1-12H2. The molecule has 2 heterocycles. The molecular weight excluding hydrogens is 226 g/mol. The molecule has 3 rings (SSSR count). The van der Waals surface area contributed by atoms with Gasteiger partial charge in [-0.15, -0.1) is 0 Å². The Morgan fingerprint density at radius 3 is 2.67 bits per heavy atom. The van der Waals surface area contributed by atoms with Crippen LogP contribution in [0, 0.1) is 0 Å². The van der Waals surface area contributed by atoms with E-state index in [9.17, 15) is 0 Å². The summed E-state index contributed by atoms with van der Waals surface area (Å²) in [6.07, 6.45) is 12.2. The van der Waals surface area contributed by atoms with Crippen LogP contribution in [0.15, 0.2) is 0 Å². The highest BCUT2D eigenvalue weighted by atomic mass is 16.5. The van der Waals surface area contributed by atoms with E-state index in [-0.39, 0.29) is 5.60 Å². The molecule has 3 aliphatic rings. The molecule has 1 saturated carbocycles. The minimum absolute atomic E-state index is 0.271. The summed E-state index contributed by atoms with van der Waals surface area (Å²) in [6.45, 7) is 2.86. The minimum Gasteiger partial charge on any atom is -0.380 e. The zero-order valence-electron chi connectivity index (χ0n) is 11.5. The Hall–Kier alpha value is -0.120. The van der Waals surface area contributed by atoms with Gasteiger partial charge >= 0.3 is 0 Å². The normalized spacial score (nSPS) is 36.0. The SMILES string of the molecule is C1CCC2(CC1)CCC(CNC1CCCOC1)O2. The molecule has 104 valence electrons. The number of rotatable bonds is 3. The Morgan fingerprint density at radius 1 is 1.00 bits per heavy atom. The molecule has 0 amide bonds. The fourth-order valence-corrected chi connectivity index (χ4v) is 3.80. The van der Waals surface area contributed by atoms with Crippen LogP contribution in [0.3, 0.4) is 0 Å². The second-order valence-corrected chi connectivity index (χ2v) is 6.34. The van der Waals surface area contributed by atoms with Crippen molar-refractivity contribution in [2.45, 2.75) is 75.5 Å². The first-order valence-electron chi connectivity index (χ1n) is 7.85. The Balaban J connectivity index is 1.41. The van der Waals surface area contributed by atoms with E-state index >= 15 is 0 Å². The van der Waals surface area contributed by atoms with Gasteiger partial charge < -0.3 is 14.8 Å². The Kier molecular flexibility index (Phi) is 4.22. The molecule has 1 N–H and O–H groups in total. The number of nitrogens with one attached hydrogen (secondary N) is 1. The second-order valence-electron chi connectivity index (χ2n) is 6.34. The maximum Gasteiger partial charge on any atom is 0.0708 e. The highest BCUT2D eigenvalue weighted by Gasteiger charge is 2.40. The van der Waals surface area contributed by atoms with Gasteiger partial charge in [0.1, 0.15) is 0 Å². The first kappa shape index (κ1) is 12.9. The van der Waals surface area contributed by atoms with Crippen LogP contribution in [0.5, 0.6) is 0 Å². The van der Waals surface area contributed by atoms with E-state index in [1.54, 1.807) is 0 Å². The zero-order valence-corrected chi connectivity index (χ0v) is 11.5. The summed E-state index contributed by atoms with van der Waals surface area (Å²) < 4.78 is 11.9. The van der Waals surface area contributed by atoms with Crippen molar-refractivity contribution < 1.29 is 9.47 Å². The van der Waals surface area contributed by atoms with E-state index in [1.165, 1.54) is 57.8 Å². The van der Waals surface area contributed by atoms with Crippen LogP contribution in [0.25, 0.3) is 0 Å². The summed E-state index contributed by atoms with van der Waals surface area (Å²) in [5, 5.41) is 3.64. The predicted molar refractivity (Wildman–Crippen MR) is 71.8 cm³/mol. The molecule has 1 spiro atoms. The topological polar surface area (TPSA) is 30.5 Å². The highest BCUT2D eigenvalue weighted by molar-refractivity contribution is 4.92. The van der Waals surface area contributed by atoms with Crippen LogP contribution in [-0.2, 0) is 9.47 Å². The van der Waals surface area contributed by atoms with Crippen molar-refractivity contribution in [2.24, 2.45) is 0 Å². The molecule has 3 nitrogen and oxygen atoms in total. The Labute approximate surface area is 111 Å². The molecule has 2 aliphatic heterocycles. The summed E-state index contributed by atoms with van der Waals surface area (Å²) in [5.74, 6) is 0. The lowest BCUT2D eigenvalue weighted by Gasteiger charge is -2.33. The van der Waals surface area contributed by atoms with Crippen LogP contribution in [0.4, 0.5) is 0 Å². The lowest BCUT2D eigenvalue weighted by atomic mass is 9.83. The number of hydrogen-bond donors (Lipinski definition) is 1. The van der Waals surface area contributed by atoms with Gasteiger partial charge in [0.05, 0.1) is 18.3 Å². The van der Waals surface area contributed by atoms with E-state index in [2.05, 4.69) is 5.32 Å². The quantitative estimate of drug-likeness (QED) is 0.838. The summed E-state index contributed by atoms with van der Waals surface area (Å²) in [5.41, 5.74) is 0.271. The molecule has 1 aliphatic carbocycles. The van der Waals surface area contributed by atoms with Crippen molar-refractivity contribution in [3.63, 3.8) is 0 Å². The molecule has 2 unspecified atom stereocenters. The summed E-state index contributed by atoms with van der Waals surface area (Å²) >= 11 is 0. The molecular formula is C15H27NO2. The molecule has 2 saturated heterocycles. The zero-order chi connectivity index (χ0) is 12.3. The van der Waals surface area contributed by atoms with Crippen molar-refractivity contribution in [3.05, 3.63) is 0 Å². The van der Waals surface area contributed by atoms with Crippen molar-refractivity contribution in [1.82, 2.24) is 5.32 Å². The molecule has 3 fully saturated rings. The van der Waals surface area contributed by atoms with E-state index in [0.29, 0.717) is 12.1 Å². The van der Waals surface area contributed by atoms with Gasteiger partial charge in [-0.3, -0.25) is 0 Å². The number of hydrogen-bond acceptors (Lipinski definition) is 3. The first-order chi connectivity index (χ1) is 8.86. The molecule has 0 aromatic rings. The molecule has 0 radical (unpaired) electrons. The average Bonchev–Trinajstić information content (AvgIpc) is 2.82. The van der Waals surface area contributed by atoms with Gasteiger partial charge in [-0.25, -0.2) is 0 Å². The maximum absolute atomic E-state index is 6.38. The summed E-state index contributed by atoms with van der Waals surface area (Å²) in [4.78, 5) is 0. The second kappa shape index (κ2) is 5.89. The average molecular weight is 253 g/mol. The first-order valence-corrected chi connectivity index (χ1v) is 7.85. The summed E-state index contributed by atoms with van der Waals surface area (Å²) in [6, 6.07) is 0.560. The van der Waals surface area contributed by atoms with Crippen LogP contribution in [0.2, 0.25) is 0 Å². The van der Waals surface area contributed by atoms with Gasteiger partial charge in [0.15, 0.2) is 0 Å². The molecule has 0 bridgehead atoms. The molecule has 3 heteroatoms. The van der Waals surface area contributed by atoms with Crippen LogP contribution < -0.4 is 5.32 Å². The number of ether oxygens (including phenoxy) is 2. The predicted octanol–water partition coefficient (Wildman–Crippen LogP) is 2.64. The molecule has 2 atom stereocenters. The van der Waals surface area contributed by atoms with E-state index in [4.69, 9.17) is 9.47 Å². The third-order valence-corrected chi connectivity index (χ3v) is 4.90. The van der Waals surface area contributed by atoms with Crippen molar-refractivity contribution in [3.8, 4) is 0 Å². The van der Waals surface area contributed by atoms with E-state index in [1.807, 2.05) is 0 Å². The summed E-state index contributed by atoms with van der Waals surface area (Å²) in [7, 11) is 0. The third kappa shape index (κ3) is 3.06. The van der Waals surface area contributed by atoms with Crippen molar-refractivity contribution in [1.29, 1.82) is 0 Å². The maximum atomic E-state index is 6.38. The lowest BCUT2D eigenvalue weighted by molar-refractivity contribution is -0.0641. The Morgan fingerprint density at radius 2 is 1.89 bits per heavy atom. The van der Waals surface area contributed by atoms with Crippen molar-refractivity contribution >= 4 is 0 Å². The Bertz CT molecular complexity index is 257. The smallest absolute Gasteiger partial charge is 0.0708 e. The molecule has 0 aromatic heterocycles. The van der Waals surface area contributed by atoms with Gasteiger partial charge in [0.25, 0.3) is 0 Å². The largest absolute Gasteiger partial charge is 0.380 e. The lowest BCUT2D eigenvalue weighted by Crippen LogP contribution is -2.41. The third-order valence-electron chi connectivity index (χ3n) is 4.90. The van der Waals surface area contributed by atoms with Crippen LogP contribution in [-0.4, -0.2) is 37.5 Å². The van der Waals surface area contributed by atoms with Gasteiger partial charge in [0, 0.05) is 19.2 Å². The van der Waals surface area contributed by atoms with Gasteiger partial charge in [-0.05, 0) is 38.5 Å². The fourth-order valence-electron chi connectivity index (χ4n) is 3.80. The van der Waals surface area contributed by atoms with Gasteiger partial charge in [0.2, 0.25) is 0 Å². The fraction of sp³-hybridized carbons (Fsp3) is 1.00. The van der Waals surface area contributed by atoms with Gasteiger partial charge in [-0.2, -0.15) is 0 Å². The van der Waals surface area contributed by atoms with E-state index < -0.39 is 0 Å². The monoisotopic (exact) mass is 253 g/mol.